The second-order valence-corrected chi connectivity index (χ2v) is 5.18. The van der Waals surface area contributed by atoms with Crippen LogP contribution in [0, 0.1) is 0 Å². The Bertz CT molecular complexity index is 468. The Morgan fingerprint density at radius 1 is 1.20 bits per heavy atom. The fraction of sp³-hybridized carbons (Fsp3) is 0.300. The van der Waals surface area contributed by atoms with Gasteiger partial charge in [0.05, 0.1) is 26.2 Å². The Kier molecular flexibility index (Phi) is 2.41. The molecule has 1 heterocycles. The van der Waals surface area contributed by atoms with Crippen molar-refractivity contribution >= 4 is 46.4 Å². The lowest BCUT2D eigenvalue weighted by molar-refractivity contribution is -0.119. The molecule has 0 atom stereocenters. The van der Waals surface area contributed by atoms with Crippen molar-refractivity contribution in [3.63, 3.8) is 0 Å². The van der Waals surface area contributed by atoms with Gasteiger partial charge in [0.2, 0.25) is 5.91 Å². The Morgan fingerprint density at radius 2 is 1.80 bits per heavy atom. The van der Waals surface area contributed by atoms with Crippen molar-refractivity contribution in [1.29, 1.82) is 0 Å². The van der Waals surface area contributed by atoms with Crippen LogP contribution in [0.1, 0.15) is 19.4 Å². The van der Waals surface area contributed by atoms with Gasteiger partial charge in [0, 0.05) is 5.56 Å². The van der Waals surface area contributed by atoms with Crippen LogP contribution < -0.4 is 5.32 Å². The summed E-state index contributed by atoms with van der Waals surface area (Å²) in [5.41, 5.74) is 0.550. The minimum atomic E-state index is -0.693. The number of benzene rings is 1. The third-order valence-corrected chi connectivity index (χ3v) is 3.69. The van der Waals surface area contributed by atoms with Gasteiger partial charge < -0.3 is 5.32 Å². The van der Waals surface area contributed by atoms with Crippen molar-refractivity contribution < 1.29 is 4.79 Å². The van der Waals surface area contributed by atoms with Crippen LogP contribution in [-0.2, 0) is 10.2 Å². The summed E-state index contributed by atoms with van der Waals surface area (Å²) < 4.78 is 0. The van der Waals surface area contributed by atoms with Gasteiger partial charge in [0.15, 0.2) is 0 Å². The molecule has 15 heavy (non-hydrogen) atoms. The monoisotopic (exact) mass is 263 g/mol. The normalized spacial score (nSPS) is 17.5. The fourth-order valence-corrected chi connectivity index (χ4v) is 2.58. The van der Waals surface area contributed by atoms with Crippen LogP contribution in [0.5, 0.6) is 0 Å². The molecule has 0 fully saturated rings. The zero-order valence-electron chi connectivity index (χ0n) is 8.12. The number of anilines is 1. The van der Waals surface area contributed by atoms with Gasteiger partial charge in [-0.2, -0.15) is 0 Å². The molecule has 0 saturated carbocycles. The van der Waals surface area contributed by atoms with E-state index < -0.39 is 5.41 Å². The molecule has 0 aromatic heterocycles. The summed E-state index contributed by atoms with van der Waals surface area (Å²) in [6.07, 6.45) is 0. The molecule has 0 unspecified atom stereocenters. The van der Waals surface area contributed by atoms with Crippen molar-refractivity contribution in [3.05, 3.63) is 26.7 Å². The van der Waals surface area contributed by atoms with Crippen LogP contribution in [0.4, 0.5) is 5.69 Å². The Morgan fingerprint density at radius 3 is 2.40 bits per heavy atom. The van der Waals surface area contributed by atoms with E-state index in [9.17, 15) is 4.79 Å². The maximum absolute atomic E-state index is 11.7. The molecule has 0 aliphatic carbocycles. The molecule has 0 spiro atoms. The largest absolute Gasteiger partial charge is 0.324 e. The van der Waals surface area contributed by atoms with Crippen LogP contribution in [0.25, 0.3) is 0 Å². The average Bonchev–Trinajstić information content (AvgIpc) is 2.36. The van der Waals surface area contributed by atoms with Crippen LogP contribution in [0.2, 0.25) is 15.1 Å². The number of carbonyl (C=O) groups is 1. The highest BCUT2D eigenvalue weighted by Gasteiger charge is 2.42. The van der Waals surface area contributed by atoms with Crippen LogP contribution in [-0.4, -0.2) is 5.91 Å². The summed E-state index contributed by atoms with van der Waals surface area (Å²) >= 11 is 18.0. The number of halogens is 3. The first-order valence-corrected chi connectivity index (χ1v) is 5.48. The predicted octanol–water partition coefficient (Wildman–Crippen LogP) is 3.88. The van der Waals surface area contributed by atoms with Crippen molar-refractivity contribution in [2.45, 2.75) is 19.3 Å². The first-order chi connectivity index (χ1) is 6.85. The first-order valence-electron chi connectivity index (χ1n) is 4.35. The van der Waals surface area contributed by atoms with E-state index in [0.29, 0.717) is 26.3 Å². The maximum atomic E-state index is 11.7. The lowest BCUT2D eigenvalue weighted by atomic mass is 9.86. The van der Waals surface area contributed by atoms with E-state index in [4.69, 9.17) is 34.8 Å². The fourth-order valence-electron chi connectivity index (χ4n) is 1.69. The number of hydrogen-bond donors (Lipinski definition) is 1. The molecule has 1 aliphatic rings. The first kappa shape index (κ1) is 11.1. The SMILES string of the molecule is CC1(C)C(=O)Nc2c(Cl)cc(Cl)c(Cl)c21. The molecular weight excluding hydrogens is 256 g/mol. The standard InChI is InChI=1S/C10H8Cl3NO/c1-10(2)6-7(13)4(11)3-5(12)8(6)14-9(10)15/h3H,1-2H3,(H,14,15). The minimum absolute atomic E-state index is 0.122. The van der Waals surface area contributed by atoms with Gasteiger partial charge in [0.1, 0.15) is 0 Å². The number of rotatable bonds is 0. The van der Waals surface area contributed by atoms with Gasteiger partial charge in [-0.1, -0.05) is 34.8 Å². The smallest absolute Gasteiger partial charge is 0.234 e. The number of carbonyl (C=O) groups excluding carboxylic acids is 1. The summed E-state index contributed by atoms with van der Waals surface area (Å²) in [6, 6.07) is 1.53. The van der Waals surface area contributed by atoms with E-state index in [-0.39, 0.29) is 5.91 Å². The maximum Gasteiger partial charge on any atom is 0.234 e. The van der Waals surface area contributed by atoms with Gasteiger partial charge in [-0.15, -0.1) is 0 Å². The van der Waals surface area contributed by atoms with E-state index in [0.717, 1.165) is 0 Å². The molecule has 0 bridgehead atoms. The zero-order chi connectivity index (χ0) is 11.4. The van der Waals surface area contributed by atoms with E-state index >= 15 is 0 Å². The molecule has 1 aliphatic heterocycles. The third-order valence-electron chi connectivity index (χ3n) is 2.60. The number of amides is 1. The number of nitrogens with one attached hydrogen (secondary N) is 1. The van der Waals surface area contributed by atoms with Gasteiger partial charge in [-0.25, -0.2) is 0 Å². The van der Waals surface area contributed by atoms with Gasteiger partial charge in [0.25, 0.3) is 0 Å². The molecule has 2 rings (SSSR count). The molecule has 2 nitrogen and oxygen atoms in total. The topological polar surface area (TPSA) is 29.1 Å². The highest BCUT2D eigenvalue weighted by Crippen LogP contribution is 2.48. The van der Waals surface area contributed by atoms with Crippen LogP contribution >= 0.6 is 34.8 Å². The molecular formula is C10H8Cl3NO. The summed E-state index contributed by atoms with van der Waals surface area (Å²) in [7, 11) is 0. The molecule has 0 radical (unpaired) electrons. The Hall–Kier alpha value is -0.440. The van der Waals surface area contributed by atoms with Gasteiger partial charge >= 0.3 is 0 Å². The van der Waals surface area contributed by atoms with Gasteiger partial charge in [-0.3, -0.25) is 4.79 Å². The number of fused-ring (bicyclic) bond motifs is 1. The van der Waals surface area contributed by atoms with E-state index in [1.54, 1.807) is 13.8 Å². The second kappa shape index (κ2) is 3.27. The molecule has 5 heteroatoms. The van der Waals surface area contributed by atoms with Crippen molar-refractivity contribution in [1.82, 2.24) is 0 Å². The molecule has 80 valence electrons. The molecule has 1 N–H and O–H groups in total. The van der Waals surface area contributed by atoms with E-state index in [2.05, 4.69) is 5.32 Å². The van der Waals surface area contributed by atoms with Gasteiger partial charge in [-0.05, 0) is 19.9 Å². The molecule has 1 aromatic rings. The second-order valence-electron chi connectivity index (χ2n) is 3.98. The van der Waals surface area contributed by atoms with Crippen LogP contribution in [0.15, 0.2) is 6.07 Å². The highest BCUT2D eigenvalue weighted by molar-refractivity contribution is 6.45. The zero-order valence-corrected chi connectivity index (χ0v) is 10.4. The lowest BCUT2D eigenvalue weighted by Crippen LogP contribution is -2.27. The average molecular weight is 265 g/mol. The quantitative estimate of drug-likeness (QED) is 0.708. The highest BCUT2D eigenvalue weighted by atomic mass is 35.5. The summed E-state index contributed by atoms with van der Waals surface area (Å²) in [5.74, 6) is -0.122. The summed E-state index contributed by atoms with van der Waals surface area (Å²) in [4.78, 5) is 11.7. The summed E-state index contributed by atoms with van der Waals surface area (Å²) in [5, 5.41) is 3.88. The van der Waals surface area contributed by atoms with Crippen molar-refractivity contribution in [3.8, 4) is 0 Å². The van der Waals surface area contributed by atoms with Crippen molar-refractivity contribution in [2.75, 3.05) is 5.32 Å². The molecule has 1 amide bonds. The predicted molar refractivity (Wildman–Crippen MR) is 63.1 cm³/mol. The Balaban J connectivity index is 2.81. The molecule has 1 aromatic carbocycles. The Labute approximate surface area is 103 Å². The van der Waals surface area contributed by atoms with Crippen molar-refractivity contribution in [2.24, 2.45) is 0 Å². The minimum Gasteiger partial charge on any atom is -0.324 e. The van der Waals surface area contributed by atoms with E-state index in [1.165, 1.54) is 6.07 Å². The third kappa shape index (κ3) is 1.43. The van der Waals surface area contributed by atoms with E-state index in [1.807, 2.05) is 0 Å². The summed E-state index contributed by atoms with van der Waals surface area (Å²) in [6.45, 7) is 3.57. The molecule has 0 saturated heterocycles. The number of hydrogen-bond acceptors (Lipinski definition) is 1. The van der Waals surface area contributed by atoms with Crippen LogP contribution in [0.3, 0.4) is 0 Å². The lowest BCUT2D eigenvalue weighted by Gasteiger charge is -2.17.